The quantitative estimate of drug-likeness (QED) is 0.793. The summed E-state index contributed by atoms with van der Waals surface area (Å²) in [5.74, 6) is -3.14. The number of carbonyl (C=O) groups is 2. The molecule has 0 saturated heterocycles. The van der Waals surface area contributed by atoms with Crippen LogP contribution in [0, 0.1) is 11.8 Å². The topological polar surface area (TPSA) is 55.4 Å². The lowest BCUT2D eigenvalue weighted by atomic mass is 10.0. The average molecular weight is 295 g/mol. The maximum atomic E-state index is 12.6. The standard InChI is InChI=1S/C13H20F3NO3/c1-3-4-10(12(19)20-2)17-11(18)8-5-6-9(7-8)13(14,15)16/h8-10H,3-7H2,1-2H3,(H,17,18)/t8?,9?,10-/m1/s1. The van der Waals surface area contributed by atoms with Gasteiger partial charge in [0.1, 0.15) is 6.04 Å². The van der Waals surface area contributed by atoms with Gasteiger partial charge in [0.05, 0.1) is 13.0 Å². The Morgan fingerprint density at radius 1 is 1.35 bits per heavy atom. The van der Waals surface area contributed by atoms with Gasteiger partial charge in [-0.15, -0.1) is 0 Å². The smallest absolute Gasteiger partial charge is 0.391 e. The van der Waals surface area contributed by atoms with Crippen LogP contribution in [0.15, 0.2) is 0 Å². The number of rotatable bonds is 5. The number of hydrogen-bond donors (Lipinski definition) is 1. The molecule has 2 unspecified atom stereocenters. The second-order valence-electron chi connectivity index (χ2n) is 5.12. The van der Waals surface area contributed by atoms with E-state index in [0.717, 1.165) is 0 Å². The predicted molar refractivity (Wildman–Crippen MR) is 65.7 cm³/mol. The molecule has 1 aliphatic carbocycles. The number of methoxy groups -OCH3 is 1. The molecular formula is C13H20F3NO3. The Balaban J connectivity index is 2.56. The molecule has 0 heterocycles. The van der Waals surface area contributed by atoms with Crippen LogP contribution >= 0.6 is 0 Å². The van der Waals surface area contributed by atoms with E-state index in [9.17, 15) is 22.8 Å². The van der Waals surface area contributed by atoms with Gasteiger partial charge in [0, 0.05) is 5.92 Å². The SMILES string of the molecule is CCC[C@@H](NC(=O)C1CCC(C(F)(F)F)C1)C(=O)OC. The molecule has 0 aromatic heterocycles. The van der Waals surface area contributed by atoms with Gasteiger partial charge >= 0.3 is 12.1 Å². The van der Waals surface area contributed by atoms with Crippen molar-refractivity contribution in [3.05, 3.63) is 0 Å². The third kappa shape index (κ3) is 4.38. The zero-order chi connectivity index (χ0) is 15.3. The van der Waals surface area contributed by atoms with Crippen molar-refractivity contribution in [2.24, 2.45) is 11.8 Å². The lowest BCUT2D eigenvalue weighted by Gasteiger charge is -2.19. The minimum Gasteiger partial charge on any atom is -0.467 e. The Labute approximate surface area is 116 Å². The number of ether oxygens (including phenoxy) is 1. The minimum absolute atomic E-state index is 0.0295. The highest BCUT2D eigenvalue weighted by Crippen LogP contribution is 2.41. The molecule has 1 N–H and O–H groups in total. The number of nitrogens with one attached hydrogen (secondary N) is 1. The zero-order valence-corrected chi connectivity index (χ0v) is 11.6. The number of carbonyl (C=O) groups excluding carboxylic acids is 2. The molecule has 7 heteroatoms. The lowest BCUT2D eigenvalue weighted by molar-refractivity contribution is -0.173. The minimum atomic E-state index is -4.25. The zero-order valence-electron chi connectivity index (χ0n) is 11.6. The van der Waals surface area contributed by atoms with Crippen molar-refractivity contribution in [3.63, 3.8) is 0 Å². The maximum absolute atomic E-state index is 12.6. The van der Waals surface area contributed by atoms with Gasteiger partial charge in [0.15, 0.2) is 0 Å². The molecule has 0 bridgehead atoms. The Morgan fingerprint density at radius 3 is 2.45 bits per heavy atom. The molecule has 0 spiro atoms. The van der Waals surface area contributed by atoms with Gasteiger partial charge in [-0.05, 0) is 25.7 Å². The summed E-state index contributed by atoms with van der Waals surface area (Å²) in [5, 5.41) is 2.50. The van der Waals surface area contributed by atoms with E-state index in [4.69, 9.17) is 0 Å². The van der Waals surface area contributed by atoms with Gasteiger partial charge in [-0.2, -0.15) is 13.2 Å². The average Bonchev–Trinajstić information content (AvgIpc) is 2.86. The molecule has 1 aliphatic rings. The van der Waals surface area contributed by atoms with Gasteiger partial charge in [-0.3, -0.25) is 4.79 Å². The number of hydrogen-bond acceptors (Lipinski definition) is 3. The summed E-state index contributed by atoms with van der Waals surface area (Å²) in [6.45, 7) is 1.84. The van der Waals surface area contributed by atoms with Crippen molar-refractivity contribution >= 4 is 11.9 Å². The molecule has 1 fully saturated rings. The molecule has 0 aliphatic heterocycles. The van der Waals surface area contributed by atoms with E-state index in [-0.39, 0.29) is 19.3 Å². The number of amides is 1. The summed E-state index contributed by atoms with van der Waals surface area (Å²) in [7, 11) is 1.21. The molecule has 1 rings (SSSR count). The summed E-state index contributed by atoms with van der Waals surface area (Å²) in [6, 6.07) is -0.776. The highest BCUT2D eigenvalue weighted by molar-refractivity contribution is 5.85. The van der Waals surface area contributed by atoms with E-state index in [1.165, 1.54) is 7.11 Å². The van der Waals surface area contributed by atoms with Crippen molar-refractivity contribution in [3.8, 4) is 0 Å². The van der Waals surface area contributed by atoms with Crippen molar-refractivity contribution in [1.29, 1.82) is 0 Å². The van der Waals surface area contributed by atoms with Gasteiger partial charge in [0.25, 0.3) is 0 Å². The summed E-state index contributed by atoms with van der Waals surface area (Å²) < 4.78 is 42.2. The summed E-state index contributed by atoms with van der Waals surface area (Å²) in [6.07, 6.45) is -3.20. The molecule has 20 heavy (non-hydrogen) atoms. The first-order valence-electron chi connectivity index (χ1n) is 6.74. The van der Waals surface area contributed by atoms with E-state index in [1.54, 1.807) is 0 Å². The van der Waals surface area contributed by atoms with Gasteiger partial charge in [-0.25, -0.2) is 4.79 Å². The third-order valence-corrected chi connectivity index (χ3v) is 3.65. The number of esters is 1. The second-order valence-corrected chi connectivity index (χ2v) is 5.12. The molecular weight excluding hydrogens is 275 g/mol. The van der Waals surface area contributed by atoms with E-state index in [1.807, 2.05) is 6.92 Å². The Kier molecular flexibility index (Phi) is 5.83. The van der Waals surface area contributed by atoms with Crippen molar-refractivity contribution < 1.29 is 27.5 Å². The molecule has 116 valence electrons. The second kappa shape index (κ2) is 6.95. The third-order valence-electron chi connectivity index (χ3n) is 3.65. The summed E-state index contributed by atoms with van der Waals surface area (Å²) >= 11 is 0. The van der Waals surface area contributed by atoms with E-state index < -0.39 is 35.9 Å². The van der Waals surface area contributed by atoms with Crippen molar-refractivity contribution in [2.45, 2.75) is 51.2 Å². The Morgan fingerprint density at radius 2 is 2.00 bits per heavy atom. The van der Waals surface area contributed by atoms with Crippen LogP contribution in [0.3, 0.4) is 0 Å². The van der Waals surface area contributed by atoms with Gasteiger partial charge < -0.3 is 10.1 Å². The van der Waals surface area contributed by atoms with E-state index >= 15 is 0 Å². The Hall–Kier alpha value is -1.27. The first-order valence-corrected chi connectivity index (χ1v) is 6.74. The molecule has 1 saturated carbocycles. The summed E-state index contributed by atoms with van der Waals surface area (Å²) in [5.41, 5.74) is 0. The van der Waals surface area contributed by atoms with Crippen LogP contribution in [0.5, 0.6) is 0 Å². The van der Waals surface area contributed by atoms with Crippen LogP contribution in [0.2, 0.25) is 0 Å². The summed E-state index contributed by atoms with van der Waals surface area (Å²) in [4.78, 5) is 23.4. The van der Waals surface area contributed by atoms with E-state index in [0.29, 0.717) is 12.8 Å². The van der Waals surface area contributed by atoms with Crippen LogP contribution in [0.4, 0.5) is 13.2 Å². The fourth-order valence-corrected chi connectivity index (χ4v) is 2.49. The van der Waals surface area contributed by atoms with Crippen LogP contribution in [0.25, 0.3) is 0 Å². The van der Waals surface area contributed by atoms with Gasteiger partial charge in [0.2, 0.25) is 5.91 Å². The van der Waals surface area contributed by atoms with Crippen LogP contribution in [0.1, 0.15) is 39.0 Å². The monoisotopic (exact) mass is 295 g/mol. The molecule has 0 aromatic carbocycles. The first-order chi connectivity index (χ1) is 9.29. The normalized spacial score (nSPS) is 24.2. The maximum Gasteiger partial charge on any atom is 0.391 e. The fourth-order valence-electron chi connectivity index (χ4n) is 2.49. The van der Waals surface area contributed by atoms with Crippen LogP contribution in [-0.2, 0) is 14.3 Å². The largest absolute Gasteiger partial charge is 0.467 e. The molecule has 1 amide bonds. The van der Waals surface area contributed by atoms with Crippen LogP contribution in [-0.4, -0.2) is 31.2 Å². The first kappa shape index (κ1) is 16.8. The predicted octanol–water partition coefficient (Wildman–Crippen LogP) is 2.42. The lowest BCUT2D eigenvalue weighted by Crippen LogP contribution is -2.43. The van der Waals surface area contributed by atoms with Crippen molar-refractivity contribution in [2.75, 3.05) is 7.11 Å². The fraction of sp³-hybridized carbons (Fsp3) is 0.846. The molecule has 0 aromatic rings. The Bertz CT molecular complexity index is 357. The molecule has 4 nitrogen and oxygen atoms in total. The van der Waals surface area contributed by atoms with Crippen molar-refractivity contribution in [1.82, 2.24) is 5.32 Å². The highest BCUT2D eigenvalue weighted by Gasteiger charge is 2.46. The number of alkyl halides is 3. The molecule has 0 radical (unpaired) electrons. The molecule has 3 atom stereocenters. The van der Waals surface area contributed by atoms with E-state index in [2.05, 4.69) is 10.1 Å². The van der Waals surface area contributed by atoms with Crippen LogP contribution < -0.4 is 5.32 Å². The number of halogens is 3. The van der Waals surface area contributed by atoms with Gasteiger partial charge in [-0.1, -0.05) is 13.3 Å². The highest BCUT2D eigenvalue weighted by atomic mass is 19.4.